The average molecular weight is 244 g/mol. The lowest BCUT2D eigenvalue weighted by Crippen LogP contribution is -2.50. The third kappa shape index (κ3) is 3.67. The van der Waals surface area contributed by atoms with E-state index in [-0.39, 0.29) is 12.3 Å². The maximum Gasteiger partial charge on any atom is 0.326 e. The standard InChI is InChI=1S/C11H20N2O4/c1-7(14)8(12)6-10(15)13-5-3-2-4-9(13)11(16)17/h7-9,14H,2-6,12H2,1H3,(H,16,17)/t7-,8-,9+/m1/s1. The second-order valence-electron chi connectivity index (χ2n) is 4.55. The lowest BCUT2D eigenvalue weighted by atomic mass is 10.0. The van der Waals surface area contributed by atoms with E-state index in [2.05, 4.69) is 0 Å². The molecule has 0 aromatic carbocycles. The van der Waals surface area contributed by atoms with Crippen molar-refractivity contribution in [2.75, 3.05) is 6.54 Å². The molecule has 1 aliphatic rings. The summed E-state index contributed by atoms with van der Waals surface area (Å²) in [6, 6.07) is -1.38. The third-order valence-corrected chi connectivity index (χ3v) is 3.14. The van der Waals surface area contributed by atoms with Gasteiger partial charge in [0, 0.05) is 19.0 Å². The van der Waals surface area contributed by atoms with E-state index in [1.165, 1.54) is 11.8 Å². The molecule has 0 saturated carbocycles. The van der Waals surface area contributed by atoms with Crippen molar-refractivity contribution < 1.29 is 19.8 Å². The Morgan fingerprint density at radius 2 is 2.12 bits per heavy atom. The molecule has 0 bridgehead atoms. The topological polar surface area (TPSA) is 104 Å². The minimum Gasteiger partial charge on any atom is -0.480 e. The number of aliphatic carboxylic acids is 1. The molecule has 1 heterocycles. The highest BCUT2D eigenvalue weighted by atomic mass is 16.4. The van der Waals surface area contributed by atoms with Crippen LogP contribution < -0.4 is 5.73 Å². The second-order valence-corrected chi connectivity index (χ2v) is 4.55. The van der Waals surface area contributed by atoms with Gasteiger partial charge in [0.2, 0.25) is 5.91 Å². The summed E-state index contributed by atoms with van der Waals surface area (Å²) in [5.74, 6) is -1.26. The number of carboxylic acid groups (broad SMARTS) is 1. The number of carbonyl (C=O) groups excluding carboxylic acids is 1. The predicted octanol–water partition coefficient (Wildman–Crippen LogP) is -0.450. The van der Waals surface area contributed by atoms with Gasteiger partial charge in [-0.25, -0.2) is 4.79 Å². The van der Waals surface area contributed by atoms with Crippen LogP contribution in [0.25, 0.3) is 0 Å². The van der Waals surface area contributed by atoms with Crippen molar-refractivity contribution in [2.24, 2.45) is 5.73 Å². The van der Waals surface area contributed by atoms with Crippen LogP contribution in [-0.2, 0) is 9.59 Å². The Bertz CT molecular complexity index is 293. The van der Waals surface area contributed by atoms with Crippen molar-refractivity contribution in [1.82, 2.24) is 4.90 Å². The first-order valence-corrected chi connectivity index (χ1v) is 5.89. The normalized spacial score (nSPS) is 24.2. The van der Waals surface area contributed by atoms with E-state index in [9.17, 15) is 14.7 Å². The molecule has 0 aromatic rings. The van der Waals surface area contributed by atoms with Crippen LogP contribution in [0.4, 0.5) is 0 Å². The molecule has 0 aromatic heterocycles. The molecule has 4 N–H and O–H groups in total. The fourth-order valence-electron chi connectivity index (χ4n) is 1.98. The number of hydrogen-bond donors (Lipinski definition) is 3. The minimum absolute atomic E-state index is 0.0125. The van der Waals surface area contributed by atoms with Gasteiger partial charge in [-0.15, -0.1) is 0 Å². The lowest BCUT2D eigenvalue weighted by Gasteiger charge is -2.33. The Balaban J connectivity index is 2.62. The molecule has 1 saturated heterocycles. The van der Waals surface area contributed by atoms with Crippen LogP contribution in [0.2, 0.25) is 0 Å². The monoisotopic (exact) mass is 244 g/mol. The SMILES string of the molecule is C[C@@H](O)[C@H](N)CC(=O)N1CCCC[C@H]1C(=O)O. The van der Waals surface area contributed by atoms with Gasteiger partial charge in [0.05, 0.1) is 6.10 Å². The van der Waals surface area contributed by atoms with Crippen LogP contribution in [0.3, 0.4) is 0 Å². The van der Waals surface area contributed by atoms with Crippen LogP contribution in [0.5, 0.6) is 0 Å². The van der Waals surface area contributed by atoms with Crippen molar-refractivity contribution >= 4 is 11.9 Å². The molecule has 6 nitrogen and oxygen atoms in total. The molecule has 0 spiro atoms. The lowest BCUT2D eigenvalue weighted by molar-refractivity contribution is -0.152. The molecule has 0 aliphatic carbocycles. The van der Waals surface area contributed by atoms with Gasteiger partial charge in [0.1, 0.15) is 6.04 Å². The van der Waals surface area contributed by atoms with Gasteiger partial charge in [-0.05, 0) is 26.2 Å². The smallest absolute Gasteiger partial charge is 0.326 e. The molecule has 98 valence electrons. The Labute approximate surface area is 100 Å². The number of carbonyl (C=O) groups is 2. The van der Waals surface area contributed by atoms with Crippen LogP contribution in [0.1, 0.15) is 32.6 Å². The summed E-state index contributed by atoms with van der Waals surface area (Å²) < 4.78 is 0. The van der Waals surface area contributed by atoms with Crippen LogP contribution in [0, 0.1) is 0 Å². The number of nitrogens with two attached hydrogens (primary N) is 1. The van der Waals surface area contributed by atoms with Crippen molar-refractivity contribution in [3.63, 3.8) is 0 Å². The zero-order valence-corrected chi connectivity index (χ0v) is 10.0. The summed E-state index contributed by atoms with van der Waals surface area (Å²) in [5, 5.41) is 18.3. The van der Waals surface area contributed by atoms with Gasteiger partial charge in [0.25, 0.3) is 0 Å². The molecule has 1 amide bonds. The second kappa shape index (κ2) is 5.97. The Kier molecular flexibility index (Phi) is 4.89. The maximum atomic E-state index is 11.9. The Morgan fingerprint density at radius 1 is 1.47 bits per heavy atom. The van der Waals surface area contributed by atoms with E-state index < -0.39 is 24.2 Å². The number of aliphatic hydroxyl groups is 1. The first-order valence-electron chi connectivity index (χ1n) is 5.89. The van der Waals surface area contributed by atoms with E-state index in [0.29, 0.717) is 13.0 Å². The van der Waals surface area contributed by atoms with Gasteiger partial charge in [-0.2, -0.15) is 0 Å². The van der Waals surface area contributed by atoms with Crippen LogP contribution in [0.15, 0.2) is 0 Å². The first kappa shape index (κ1) is 13.9. The zero-order valence-electron chi connectivity index (χ0n) is 10.0. The summed E-state index contributed by atoms with van der Waals surface area (Å²) >= 11 is 0. The molecule has 3 atom stereocenters. The van der Waals surface area contributed by atoms with Crippen LogP contribution >= 0.6 is 0 Å². The van der Waals surface area contributed by atoms with Crippen molar-refractivity contribution in [1.29, 1.82) is 0 Å². The zero-order chi connectivity index (χ0) is 13.0. The quantitative estimate of drug-likeness (QED) is 0.621. The highest BCUT2D eigenvalue weighted by Gasteiger charge is 2.32. The molecule has 1 aliphatic heterocycles. The molecule has 0 radical (unpaired) electrons. The number of hydrogen-bond acceptors (Lipinski definition) is 4. The minimum atomic E-state index is -0.969. The highest BCUT2D eigenvalue weighted by molar-refractivity contribution is 5.84. The molecule has 1 rings (SSSR count). The summed E-state index contributed by atoms with van der Waals surface area (Å²) in [7, 11) is 0. The van der Waals surface area contributed by atoms with Gasteiger partial charge >= 0.3 is 5.97 Å². The number of rotatable bonds is 4. The van der Waals surface area contributed by atoms with E-state index in [0.717, 1.165) is 12.8 Å². The molecule has 6 heteroatoms. The summed E-state index contributed by atoms with van der Waals surface area (Å²) in [6.07, 6.45) is 1.35. The third-order valence-electron chi connectivity index (χ3n) is 3.14. The van der Waals surface area contributed by atoms with Crippen LogP contribution in [-0.4, -0.2) is 51.7 Å². The van der Waals surface area contributed by atoms with Crippen molar-refractivity contribution in [2.45, 2.75) is 50.8 Å². The summed E-state index contributed by atoms with van der Waals surface area (Å²) in [4.78, 5) is 24.3. The predicted molar refractivity (Wildman–Crippen MR) is 61.3 cm³/mol. The fraction of sp³-hybridized carbons (Fsp3) is 0.818. The molecular weight excluding hydrogens is 224 g/mol. The summed E-state index contributed by atoms with van der Waals surface area (Å²) in [5.41, 5.74) is 5.60. The van der Waals surface area contributed by atoms with E-state index in [1.807, 2.05) is 0 Å². The number of amides is 1. The number of likely N-dealkylation sites (tertiary alicyclic amines) is 1. The number of nitrogens with zero attached hydrogens (tertiary/aromatic N) is 1. The van der Waals surface area contributed by atoms with Gasteiger partial charge < -0.3 is 20.8 Å². The Hall–Kier alpha value is -1.14. The van der Waals surface area contributed by atoms with Gasteiger partial charge in [-0.3, -0.25) is 4.79 Å². The largest absolute Gasteiger partial charge is 0.480 e. The highest BCUT2D eigenvalue weighted by Crippen LogP contribution is 2.18. The van der Waals surface area contributed by atoms with Gasteiger partial charge in [0.15, 0.2) is 0 Å². The Morgan fingerprint density at radius 3 is 2.65 bits per heavy atom. The maximum absolute atomic E-state index is 11.9. The molecule has 17 heavy (non-hydrogen) atoms. The molecule has 1 fully saturated rings. The first-order chi connectivity index (χ1) is 7.93. The molecular formula is C11H20N2O4. The van der Waals surface area contributed by atoms with E-state index >= 15 is 0 Å². The summed E-state index contributed by atoms with van der Waals surface area (Å²) in [6.45, 7) is 1.98. The number of aliphatic hydroxyl groups excluding tert-OH is 1. The van der Waals surface area contributed by atoms with Gasteiger partial charge in [-0.1, -0.05) is 0 Å². The van der Waals surface area contributed by atoms with E-state index in [1.54, 1.807) is 0 Å². The number of piperidine rings is 1. The van der Waals surface area contributed by atoms with Crippen molar-refractivity contribution in [3.05, 3.63) is 0 Å². The molecule has 0 unspecified atom stereocenters. The number of carboxylic acids is 1. The average Bonchev–Trinajstić information content (AvgIpc) is 2.28. The van der Waals surface area contributed by atoms with Crippen molar-refractivity contribution in [3.8, 4) is 0 Å². The van der Waals surface area contributed by atoms with E-state index in [4.69, 9.17) is 10.8 Å². The fourth-order valence-corrected chi connectivity index (χ4v) is 1.98.